The number of ether oxygens (including phenoxy) is 1. The number of benzene rings is 1. The van der Waals surface area contributed by atoms with Crippen LogP contribution in [-0.2, 0) is 33.5 Å². The van der Waals surface area contributed by atoms with E-state index in [4.69, 9.17) is 14.7 Å². The van der Waals surface area contributed by atoms with Crippen molar-refractivity contribution >= 4 is 35.8 Å². The fourth-order valence-corrected chi connectivity index (χ4v) is 3.29. The highest BCUT2D eigenvalue weighted by molar-refractivity contribution is 6.13. The number of hydrogen-bond acceptors (Lipinski definition) is 8. The number of amides is 4. The molecule has 2 aliphatic rings. The average Bonchev–Trinajstić information content (AvgIpc) is 3.23. The molecule has 0 bridgehead atoms. The van der Waals surface area contributed by atoms with Crippen LogP contribution in [0, 0.1) is 0 Å². The second-order valence-electron chi connectivity index (χ2n) is 6.75. The lowest BCUT2D eigenvalue weighted by atomic mass is 9.96. The van der Waals surface area contributed by atoms with Gasteiger partial charge in [-0.3, -0.25) is 33.7 Å². The third-order valence-corrected chi connectivity index (χ3v) is 4.70. The summed E-state index contributed by atoms with van der Waals surface area (Å²) in [5.41, 5.74) is 0.349. The van der Waals surface area contributed by atoms with Crippen molar-refractivity contribution in [1.29, 1.82) is 0 Å². The van der Waals surface area contributed by atoms with Gasteiger partial charge in [0.15, 0.2) is 6.10 Å². The first-order valence-corrected chi connectivity index (χ1v) is 9.34. The van der Waals surface area contributed by atoms with Crippen molar-refractivity contribution in [1.82, 2.24) is 9.96 Å². The molecule has 31 heavy (non-hydrogen) atoms. The van der Waals surface area contributed by atoms with Crippen molar-refractivity contribution in [3.63, 3.8) is 0 Å². The third kappa shape index (κ3) is 4.94. The van der Waals surface area contributed by atoms with Crippen molar-refractivity contribution < 1.29 is 43.4 Å². The summed E-state index contributed by atoms with van der Waals surface area (Å²) in [5, 5.41) is 9.40. The lowest BCUT2D eigenvalue weighted by molar-refractivity contribution is -0.180. The zero-order valence-electron chi connectivity index (χ0n) is 16.1. The minimum Gasteiger partial charge on any atom is -0.481 e. The number of imide groups is 2. The van der Waals surface area contributed by atoms with Gasteiger partial charge in [-0.1, -0.05) is 35.4 Å². The molecule has 0 aromatic heterocycles. The van der Waals surface area contributed by atoms with Gasteiger partial charge >= 0.3 is 12.1 Å². The number of hydroxylamine groups is 2. The minimum atomic E-state index is -1.41. The van der Waals surface area contributed by atoms with E-state index in [2.05, 4.69) is 0 Å². The normalized spacial score (nSPS) is 17.8. The molecule has 0 radical (unpaired) electrons. The van der Waals surface area contributed by atoms with Gasteiger partial charge in [0.05, 0.1) is 6.04 Å². The van der Waals surface area contributed by atoms with Gasteiger partial charge in [0, 0.05) is 31.4 Å². The van der Waals surface area contributed by atoms with Crippen LogP contribution in [0.2, 0.25) is 0 Å². The van der Waals surface area contributed by atoms with Crippen LogP contribution in [0.1, 0.15) is 37.4 Å². The Morgan fingerprint density at radius 3 is 2.10 bits per heavy atom. The Kier molecular flexibility index (Phi) is 6.43. The maximum atomic E-state index is 12.4. The molecule has 0 saturated carbocycles. The zero-order valence-corrected chi connectivity index (χ0v) is 16.1. The second-order valence-corrected chi connectivity index (χ2v) is 6.75. The summed E-state index contributed by atoms with van der Waals surface area (Å²) < 4.78 is 5.32. The molecule has 0 aliphatic carbocycles. The van der Waals surface area contributed by atoms with Gasteiger partial charge in [-0.05, 0) is 12.0 Å². The summed E-state index contributed by atoms with van der Waals surface area (Å²) in [5.74, 6) is -3.99. The van der Waals surface area contributed by atoms with Crippen LogP contribution >= 0.6 is 0 Å². The molecular weight excluding hydrogens is 412 g/mol. The van der Waals surface area contributed by atoms with E-state index >= 15 is 0 Å². The van der Waals surface area contributed by atoms with Gasteiger partial charge in [0.1, 0.15) is 0 Å². The van der Waals surface area contributed by atoms with Crippen molar-refractivity contribution in [2.24, 2.45) is 0 Å². The molecule has 3 rings (SSSR count). The minimum absolute atomic E-state index is 0.113. The summed E-state index contributed by atoms with van der Waals surface area (Å²) >= 11 is 0. The highest BCUT2D eigenvalue weighted by Gasteiger charge is 2.41. The van der Waals surface area contributed by atoms with Gasteiger partial charge in [-0.25, -0.2) is 4.79 Å². The molecule has 2 aliphatic heterocycles. The first kappa shape index (κ1) is 21.7. The third-order valence-electron chi connectivity index (χ3n) is 4.70. The van der Waals surface area contributed by atoms with Gasteiger partial charge < -0.3 is 9.84 Å². The zero-order chi connectivity index (χ0) is 22.5. The summed E-state index contributed by atoms with van der Waals surface area (Å²) in [4.78, 5) is 77.0. The van der Waals surface area contributed by atoms with Gasteiger partial charge in [-0.2, -0.15) is 0 Å². The molecule has 1 aromatic carbocycles. The second kappa shape index (κ2) is 9.20. The van der Waals surface area contributed by atoms with Crippen LogP contribution in [0.3, 0.4) is 0 Å². The molecule has 1 fully saturated rings. The van der Waals surface area contributed by atoms with E-state index < -0.39 is 54.3 Å². The fourth-order valence-electron chi connectivity index (χ4n) is 3.29. The molecule has 2 heterocycles. The largest absolute Gasteiger partial charge is 0.534 e. The molecule has 1 N–H and O–H groups in total. The summed E-state index contributed by atoms with van der Waals surface area (Å²) in [6.45, 7) is 0. The SMILES string of the molecule is O=C(O)CCC(C(OC(=O)ON1C(=O)CCC1=O)c1ccccc1)N1C(=O)C=CC1=O. The van der Waals surface area contributed by atoms with E-state index in [1.807, 2.05) is 0 Å². The number of carbonyl (C=O) groups excluding carboxylic acids is 5. The lowest BCUT2D eigenvalue weighted by Gasteiger charge is -2.32. The Balaban J connectivity index is 1.89. The number of aliphatic carboxylic acids is 1. The number of carbonyl (C=O) groups is 6. The van der Waals surface area contributed by atoms with Gasteiger partial charge in [-0.15, -0.1) is 0 Å². The van der Waals surface area contributed by atoms with E-state index in [1.165, 1.54) is 0 Å². The van der Waals surface area contributed by atoms with E-state index in [1.54, 1.807) is 30.3 Å². The van der Waals surface area contributed by atoms with E-state index in [0.29, 0.717) is 10.6 Å². The topological polar surface area (TPSA) is 148 Å². The smallest absolute Gasteiger partial charge is 0.481 e. The number of rotatable bonds is 8. The van der Waals surface area contributed by atoms with Crippen LogP contribution in [0.15, 0.2) is 42.5 Å². The number of hydrogen-bond donors (Lipinski definition) is 1. The predicted octanol–water partition coefficient (Wildman–Crippen LogP) is 1.10. The molecule has 0 spiro atoms. The van der Waals surface area contributed by atoms with Gasteiger partial charge in [0.25, 0.3) is 23.6 Å². The number of carboxylic acid groups (broad SMARTS) is 1. The lowest BCUT2D eigenvalue weighted by Crippen LogP contribution is -2.45. The monoisotopic (exact) mass is 430 g/mol. The molecule has 2 atom stereocenters. The number of nitrogens with zero attached hydrogens (tertiary/aromatic N) is 2. The van der Waals surface area contributed by atoms with Crippen LogP contribution in [0.4, 0.5) is 4.79 Å². The molecule has 4 amide bonds. The first-order valence-electron chi connectivity index (χ1n) is 9.34. The predicted molar refractivity (Wildman–Crippen MR) is 99.5 cm³/mol. The molecule has 11 nitrogen and oxygen atoms in total. The average molecular weight is 430 g/mol. The highest BCUT2D eigenvalue weighted by atomic mass is 16.8. The molecule has 1 aromatic rings. The van der Waals surface area contributed by atoms with Crippen molar-refractivity contribution in [2.75, 3.05) is 0 Å². The standard InChI is InChI=1S/C20H18N2O9/c23-14-7-8-15(24)21(14)13(6-11-18(27)28)19(12-4-2-1-3-5-12)30-20(29)31-22-16(25)9-10-17(22)26/h1-5,7-8,13,19H,6,9-11H2,(H,27,28). The molecule has 1 saturated heterocycles. The van der Waals surface area contributed by atoms with Crippen LogP contribution in [0.25, 0.3) is 0 Å². The number of carboxylic acids is 1. The van der Waals surface area contributed by atoms with Crippen molar-refractivity contribution in [3.8, 4) is 0 Å². The molecular formula is C20H18N2O9. The van der Waals surface area contributed by atoms with E-state index in [9.17, 15) is 28.8 Å². The molecule has 11 heteroatoms. The van der Waals surface area contributed by atoms with Crippen LogP contribution in [-0.4, -0.2) is 56.9 Å². The fraction of sp³-hybridized carbons (Fsp3) is 0.300. The summed E-state index contributed by atoms with van der Waals surface area (Å²) in [6.07, 6.45) is -1.54. The summed E-state index contributed by atoms with van der Waals surface area (Å²) in [6, 6.07) is 6.84. The Hall–Kier alpha value is -4.02. The Labute approximate surface area is 175 Å². The highest BCUT2D eigenvalue weighted by Crippen LogP contribution is 2.31. The van der Waals surface area contributed by atoms with Crippen molar-refractivity contribution in [3.05, 3.63) is 48.0 Å². The first-order chi connectivity index (χ1) is 14.8. The van der Waals surface area contributed by atoms with Crippen LogP contribution in [0.5, 0.6) is 0 Å². The molecule has 2 unspecified atom stereocenters. The van der Waals surface area contributed by atoms with Crippen molar-refractivity contribution in [2.45, 2.75) is 37.8 Å². The quantitative estimate of drug-likeness (QED) is 0.473. The van der Waals surface area contributed by atoms with Gasteiger partial charge in [0.2, 0.25) is 0 Å². The summed E-state index contributed by atoms with van der Waals surface area (Å²) in [7, 11) is 0. The van der Waals surface area contributed by atoms with E-state index in [-0.39, 0.29) is 19.3 Å². The Bertz CT molecular complexity index is 923. The molecule has 162 valence electrons. The van der Waals surface area contributed by atoms with E-state index in [0.717, 1.165) is 17.1 Å². The maximum Gasteiger partial charge on any atom is 0.534 e. The maximum absolute atomic E-state index is 12.4. The Morgan fingerprint density at radius 2 is 1.55 bits per heavy atom. The Morgan fingerprint density at radius 1 is 0.968 bits per heavy atom. The van der Waals surface area contributed by atoms with Crippen LogP contribution < -0.4 is 0 Å².